The zero-order valence-electron chi connectivity index (χ0n) is 21.4. The maximum atomic E-state index is 15.0. The predicted molar refractivity (Wildman–Crippen MR) is 143 cm³/mol. The van der Waals surface area contributed by atoms with Gasteiger partial charge in [0, 0.05) is 28.9 Å². The number of anilines is 1. The number of carbonyl (C=O) groups excluding carboxylic acids is 1. The van der Waals surface area contributed by atoms with E-state index in [0.29, 0.717) is 32.8 Å². The lowest BCUT2D eigenvalue weighted by Gasteiger charge is -2.24. The molecule has 190 valence electrons. The number of hydrogen-bond acceptors (Lipinski definition) is 3. The van der Waals surface area contributed by atoms with Crippen molar-refractivity contribution in [2.24, 2.45) is 0 Å². The molecule has 7 heteroatoms. The van der Waals surface area contributed by atoms with Crippen molar-refractivity contribution >= 4 is 29.2 Å². The van der Waals surface area contributed by atoms with E-state index in [1.807, 2.05) is 19.1 Å². The predicted octanol–water partition coefficient (Wildman–Crippen LogP) is 7.18. The highest BCUT2D eigenvalue weighted by Crippen LogP contribution is 2.32. The first kappa shape index (κ1) is 27.2. The van der Waals surface area contributed by atoms with Crippen LogP contribution < -0.4 is 5.32 Å². The van der Waals surface area contributed by atoms with Gasteiger partial charge in [0.25, 0.3) is 5.91 Å². The van der Waals surface area contributed by atoms with Crippen LogP contribution in [0.5, 0.6) is 0 Å². The maximum Gasteiger partial charge on any atom is 0.326 e. The molecule has 0 aromatic heterocycles. The molecule has 0 saturated heterocycles. The highest BCUT2D eigenvalue weighted by Gasteiger charge is 2.25. The van der Waals surface area contributed by atoms with Crippen molar-refractivity contribution in [3.8, 4) is 11.1 Å². The van der Waals surface area contributed by atoms with Crippen molar-refractivity contribution in [3.63, 3.8) is 0 Å². The molecule has 0 aliphatic carbocycles. The molecule has 1 amide bonds. The van der Waals surface area contributed by atoms with E-state index in [2.05, 4.69) is 18.3 Å². The summed E-state index contributed by atoms with van der Waals surface area (Å²) >= 11 is 6.19. The number of nitrogens with one attached hydrogen (secondary N) is 1. The number of benzene rings is 3. The van der Waals surface area contributed by atoms with Gasteiger partial charge < -0.3 is 15.3 Å². The van der Waals surface area contributed by atoms with Gasteiger partial charge in [-0.15, -0.1) is 0 Å². The maximum absolute atomic E-state index is 15.0. The van der Waals surface area contributed by atoms with Gasteiger partial charge in [0.05, 0.1) is 6.04 Å². The number of nitrogens with zero attached hydrogens (tertiary/aromatic N) is 1. The molecule has 5 nitrogen and oxygen atoms in total. The molecule has 0 aliphatic heterocycles. The molecule has 0 saturated carbocycles. The van der Waals surface area contributed by atoms with Crippen LogP contribution in [0.4, 0.5) is 10.1 Å². The number of aliphatic carboxylic acids is 1. The standard InChI is InChI=1S/C29H32ClFN2O3/c1-7-26(20-8-10-24(30)16(2)12-20)32-22-9-11-25(31)23(15-22)21-13-17(3)27(18(4)14-21)28(34)33(6)19(5)29(35)36/h8-15,19,26,32H,7H2,1-6H3,(H,35,36)/t19?,26-/m1/s1. The zero-order chi connectivity index (χ0) is 26.7. The van der Waals surface area contributed by atoms with Crippen LogP contribution in [0.3, 0.4) is 0 Å². The fraction of sp³-hybridized carbons (Fsp3) is 0.310. The van der Waals surface area contributed by atoms with Crippen molar-refractivity contribution in [3.05, 3.63) is 87.2 Å². The first-order chi connectivity index (χ1) is 16.9. The molecule has 36 heavy (non-hydrogen) atoms. The van der Waals surface area contributed by atoms with Gasteiger partial charge >= 0.3 is 5.97 Å². The second-order valence-electron chi connectivity index (χ2n) is 9.22. The number of aryl methyl sites for hydroxylation is 3. The van der Waals surface area contributed by atoms with Crippen molar-refractivity contribution in [1.29, 1.82) is 0 Å². The van der Waals surface area contributed by atoms with Crippen molar-refractivity contribution < 1.29 is 19.1 Å². The first-order valence-corrected chi connectivity index (χ1v) is 12.3. The molecule has 1 unspecified atom stereocenters. The Bertz CT molecular complexity index is 1280. The molecule has 3 aromatic carbocycles. The second kappa shape index (κ2) is 11.1. The number of carboxylic acids is 1. The SMILES string of the molecule is CC[C@@H](Nc1ccc(F)c(-c2cc(C)c(C(=O)N(C)C(C)C(=O)O)c(C)c2)c1)c1ccc(Cl)c(C)c1. The minimum absolute atomic E-state index is 0.0227. The average molecular weight is 511 g/mol. The molecule has 0 heterocycles. The summed E-state index contributed by atoms with van der Waals surface area (Å²) in [6.07, 6.45) is 0.824. The smallest absolute Gasteiger partial charge is 0.326 e. The molecule has 3 aromatic rings. The summed E-state index contributed by atoms with van der Waals surface area (Å²) < 4.78 is 15.0. The van der Waals surface area contributed by atoms with Crippen molar-refractivity contribution in [2.75, 3.05) is 12.4 Å². The second-order valence-corrected chi connectivity index (χ2v) is 9.63. The fourth-order valence-electron chi connectivity index (χ4n) is 4.32. The molecule has 0 spiro atoms. The summed E-state index contributed by atoms with van der Waals surface area (Å²) in [7, 11) is 1.47. The van der Waals surface area contributed by atoms with Gasteiger partial charge in [-0.3, -0.25) is 4.79 Å². The number of hydrogen-bond donors (Lipinski definition) is 2. The van der Waals surface area contributed by atoms with Gasteiger partial charge in [0.2, 0.25) is 0 Å². The lowest BCUT2D eigenvalue weighted by atomic mass is 9.94. The summed E-state index contributed by atoms with van der Waals surface area (Å²) in [6, 6.07) is 13.4. The van der Waals surface area contributed by atoms with E-state index < -0.39 is 12.0 Å². The van der Waals surface area contributed by atoms with E-state index in [-0.39, 0.29) is 17.8 Å². The fourth-order valence-corrected chi connectivity index (χ4v) is 4.44. The van der Waals surface area contributed by atoms with E-state index in [0.717, 1.165) is 23.2 Å². The molecule has 0 radical (unpaired) electrons. The Morgan fingerprint density at radius 1 is 1.03 bits per heavy atom. The third-order valence-electron chi connectivity index (χ3n) is 6.62. The third kappa shape index (κ3) is 5.71. The van der Waals surface area contributed by atoms with Gasteiger partial charge in [-0.25, -0.2) is 9.18 Å². The van der Waals surface area contributed by atoms with E-state index in [4.69, 9.17) is 11.6 Å². The van der Waals surface area contributed by atoms with Crippen LogP contribution in [-0.2, 0) is 4.79 Å². The number of halogens is 2. The Morgan fingerprint density at radius 2 is 1.67 bits per heavy atom. The summed E-state index contributed by atoms with van der Waals surface area (Å²) in [6.45, 7) is 9.06. The first-order valence-electron chi connectivity index (χ1n) is 11.9. The van der Waals surface area contributed by atoms with E-state index in [1.54, 1.807) is 38.1 Å². The summed E-state index contributed by atoms with van der Waals surface area (Å²) in [5.74, 6) is -1.83. The van der Waals surface area contributed by atoms with Crippen LogP contribution in [0.1, 0.15) is 58.9 Å². The Balaban J connectivity index is 1.95. The van der Waals surface area contributed by atoms with Crippen molar-refractivity contribution in [1.82, 2.24) is 4.90 Å². The van der Waals surface area contributed by atoms with Gasteiger partial charge in [-0.2, -0.15) is 0 Å². The van der Waals surface area contributed by atoms with Crippen molar-refractivity contribution in [2.45, 2.75) is 53.1 Å². The molecule has 2 N–H and O–H groups in total. The van der Waals surface area contributed by atoms with Crippen LogP contribution >= 0.6 is 11.6 Å². The average Bonchev–Trinajstić information content (AvgIpc) is 2.83. The van der Waals surface area contributed by atoms with Crippen LogP contribution in [0.2, 0.25) is 5.02 Å². The molecule has 3 rings (SSSR count). The van der Waals surface area contributed by atoms with Crippen LogP contribution in [0.15, 0.2) is 48.5 Å². The number of rotatable bonds is 8. The number of likely N-dealkylation sites (N-methyl/N-ethyl adjacent to an activating group) is 1. The van der Waals surface area contributed by atoms with E-state index in [9.17, 15) is 19.1 Å². The topological polar surface area (TPSA) is 69.6 Å². The Labute approximate surface area is 216 Å². The van der Waals surface area contributed by atoms with Gasteiger partial charge in [-0.05, 0) is 86.2 Å². The normalized spacial score (nSPS) is 12.7. The summed E-state index contributed by atoms with van der Waals surface area (Å²) in [5, 5.41) is 13.5. The lowest BCUT2D eigenvalue weighted by Crippen LogP contribution is -2.40. The Kier molecular flexibility index (Phi) is 8.41. The number of amides is 1. The Morgan fingerprint density at radius 3 is 2.22 bits per heavy atom. The zero-order valence-corrected chi connectivity index (χ0v) is 22.2. The molecule has 2 atom stereocenters. The lowest BCUT2D eigenvalue weighted by molar-refractivity contribution is -0.141. The van der Waals surface area contributed by atoms with Crippen LogP contribution in [0, 0.1) is 26.6 Å². The monoisotopic (exact) mass is 510 g/mol. The molecular formula is C29H32ClFN2O3. The van der Waals surface area contributed by atoms with Gasteiger partial charge in [-0.1, -0.05) is 42.8 Å². The van der Waals surface area contributed by atoms with Crippen LogP contribution in [-0.4, -0.2) is 35.0 Å². The van der Waals surface area contributed by atoms with Crippen LogP contribution in [0.25, 0.3) is 11.1 Å². The molecule has 0 fully saturated rings. The molecule has 0 aliphatic rings. The molecular weight excluding hydrogens is 479 g/mol. The number of carboxylic acid groups (broad SMARTS) is 1. The van der Waals surface area contributed by atoms with Gasteiger partial charge in [0.1, 0.15) is 11.9 Å². The van der Waals surface area contributed by atoms with Gasteiger partial charge in [0.15, 0.2) is 0 Å². The molecule has 0 bridgehead atoms. The quantitative estimate of drug-likeness (QED) is 0.337. The largest absolute Gasteiger partial charge is 0.480 e. The summed E-state index contributed by atoms with van der Waals surface area (Å²) in [5.41, 5.74) is 5.66. The summed E-state index contributed by atoms with van der Waals surface area (Å²) in [4.78, 5) is 25.5. The Hall–Kier alpha value is -3.38. The van der Waals surface area contributed by atoms with E-state index in [1.165, 1.54) is 24.9 Å². The number of carbonyl (C=O) groups is 2. The van der Waals surface area contributed by atoms with E-state index >= 15 is 0 Å². The highest BCUT2D eigenvalue weighted by atomic mass is 35.5. The minimum atomic E-state index is -1.08. The third-order valence-corrected chi connectivity index (χ3v) is 7.04. The highest BCUT2D eigenvalue weighted by molar-refractivity contribution is 6.31. The minimum Gasteiger partial charge on any atom is -0.480 e.